The third kappa shape index (κ3) is 3.57. The van der Waals surface area contributed by atoms with Crippen LogP contribution >= 0.6 is 0 Å². The van der Waals surface area contributed by atoms with Crippen molar-refractivity contribution in [2.45, 2.75) is 13.0 Å². The van der Waals surface area contributed by atoms with E-state index in [1.54, 1.807) is 29.4 Å². The SMILES string of the molecule is Cc1c(C(=O)N2CCO[C@H](c3nccnc3-c3cccc(F)c3)C2)oc2ccccc12. The van der Waals surface area contributed by atoms with Gasteiger partial charge in [0.05, 0.1) is 24.5 Å². The van der Waals surface area contributed by atoms with Crippen molar-refractivity contribution in [2.24, 2.45) is 0 Å². The van der Waals surface area contributed by atoms with Gasteiger partial charge < -0.3 is 14.1 Å². The lowest BCUT2D eigenvalue weighted by atomic mass is 10.0. The largest absolute Gasteiger partial charge is 0.451 e. The highest BCUT2D eigenvalue weighted by Gasteiger charge is 2.31. The van der Waals surface area contributed by atoms with Crippen molar-refractivity contribution in [1.82, 2.24) is 14.9 Å². The maximum Gasteiger partial charge on any atom is 0.290 e. The Morgan fingerprint density at radius 2 is 1.97 bits per heavy atom. The molecule has 0 saturated carbocycles. The molecule has 1 aliphatic rings. The minimum Gasteiger partial charge on any atom is -0.451 e. The summed E-state index contributed by atoms with van der Waals surface area (Å²) in [6, 6.07) is 13.8. The Balaban J connectivity index is 1.45. The van der Waals surface area contributed by atoms with Crippen molar-refractivity contribution in [3.8, 4) is 11.3 Å². The van der Waals surface area contributed by atoms with Crippen LogP contribution in [0, 0.1) is 12.7 Å². The molecule has 1 atom stereocenters. The van der Waals surface area contributed by atoms with Crippen LogP contribution in [0.4, 0.5) is 4.39 Å². The molecule has 3 heterocycles. The number of fused-ring (bicyclic) bond motifs is 1. The molecule has 0 spiro atoms. The predicted octanol–water partition coefficient (Wildman–Crippen LogP) is 4.55. The number of morpholine rings is 1. The lowest BCUT2D eigenvalue weighted by Crippen LogP contribution is -2.42. The number of ether oxygens (including phenoxy) is 1. The fourth-order valence-corrected chi connectivity index (χ4v) is 3.96. The predicted molar refractivity (Wildman–Crippen MR) is 113 cm³/mol. The number of carbonyl (C=O) groups excluding carboxylic acids is 1. The number of hydrogen-bond acceptors (Lipinski definition) is 5. The van der Waals surface area contributed by atoms with Gasteiger partial charge in [0.15, 0.2) is 5.76 Å². The fourth-order valence-electron chi connectivity index (χ4n) is 3.96. The Bertz CT molecular complexity index is 1270. The van der Waals surface area contributed by atoms with E-state index in [1.807, 2.05) is 31.2 Å². The van der Waals surface area contributed by atoms with E-state index in [0.29, 0.717) is 48.0 Å². The van der Waals surface area contributed by atoms with Crippen LogP contribution in [0.2, 0.25) is 0 Å². The van der Waals surface area contributed by atoms with E-state index in [9.17, 15) is 9.18 Å². The molecule has 6 nitrogen and oxygen atoms in total. The zero-order chi connectivity index (χ0) is 21.4. The highest BCUT2D eigenvalue weighted by molar-refractivity contribution is 5.99. The number of amides is 1. The van der Waals surface area contributed by atoms with Crippen LogP contribution < -0.4 is 0 Å². The van der Waals surface area contributed by atoms with Gasteiger partial charge in [-0.2, -0.15) is 0 Å². The van der Waals surface area contributed by atoms with E-state index in [-0.39, 0.29) is 11.7 Å². The summed E-state index contributed by atoms with van der Waals surface area (Å²) in [6.45, 7) is 2.99. The molecule has 0 unspecified atom stereocenters. The van der Waals surface area contributed by atoms with Crippen molar-refractivity contribution < 1.29 is 18.3 Å². The van der Waals surface area contributed by atoms with Crippen LogP contribution in [0.25, 0.3) is 22.2 Å². The maximum atomic E-state index is 13.8. The number of carbonyl (C=O) groups is 1. The van der Waals surface area contributed by atoms with E-state index in [2.05, 4.69) is 9.97 Å². The Hall–Kier alpha value is -3.58. The van der Waals surface area contributed by atoms with Gasteiger partial charge in [-0.1, -0.05) is 30.3 Å². The van der Waals surface area contributed by atoms with Crippen molar-refractivity contribution in [2.75, 3.05) is 19.7 Å². The standard InChI is InChI=1S/C24H20FN3O3/c1-15-18-7-2-3-8-19(18)31-23(15)24(29)28-11-12-30-20(14-28)22-21(26-9-10-27-22)16-5-4-6-17(25)13-16/h2-10,13,20H,11-12,14H2,1H3/t20-/m0/s1. The first-order valence-electron chi connectivity index (χ1n) is 10.1. The normalized spacial score (nSPS) is 16.6. The van der Waals surface area contributed by atoms with Crippen molar-refractivity contribution >= 4 is 16.9 Å². The Kier molecular flexibility index (Phi) is 4.95. The molecule has 0 N–H and O–H groups in total. The van der Waals surface area contributed by atoms with Crippen molar-refractivity contribution in [3.63, 3.8) is 0 Å². The van der Waals surface area contributed by atoms with Gasteiger partial charge in [-0.05, 0) is 25.1 Å². The summed E-state index contributed by atoms with van der Waals surface area (Å²) in [4.78, 5) is 23.8. The van der Waals surface area contributed by atoms with Gasteiger partial charge in [0.25, 0.3) is 5.91 Å². The van der Waals surface area contributed by atoms with Crippen molar-refractivity contribution in [3.05, 3.63) is 83.8 Å². The van der Waals surface area contributed by atoms with Crippen LogP contribution in [0.5, 0.6) is 0 Å². The van der Waals surface area contributed by atoms with Gasteiger partial charge in [0.2, 0.25) is 0 Å². The maximum absolute atomic E-state index is 13.8. The summed E-state index contributed by atoms with van der Waals surface area (Å²) >= 11 is 0. The summed E-state index contributed by atoms with van der Waals surface area (Å²) in [5.74, 6) is -0.194. The highest BCUT2D eigenvalue weighted by Crippen LogP contribution is 2.31. The zero-order valence-electron chi connectivity index (χ0n) is 16.9. The Morgan fingerprint density at radius 1 is 1.13 bits per heavy atom. The molecule has 1 aliphatic heterocycles. The third-order valence-electron chi connectivity index (χ3n) is 5.52. The van der Waals surface area contributed by atoms with Crippen LogP contribution in [-0.2, 0) is 4.74 Å². The summed E-state index contributed by atoms with van der Waals surface area (Å²) in [5, 5.41) is 0.929. The minimum absolute atomic E-state index is 0.182. The molecular weight excluding hydrogens is 397 g/mol. The number of furan rings is 1. The molecule has 0 radical (unpaired) electrons. The molecule has 0 bridgehead atoms. The Morgan fingerprint density at radius 3 is 2.81 bits per heavy atom. The summed E-state index contributed by atoms with van der Waals surface area (Å²) in [6.07, 6.45) is 2.66. The molecule has 5 rings (SSSR count). The topological polar surface area (TPSA) is 68.5 Å². The molecule has 156 valence electrons. The van der Waals surface area contributed by atoms with Crippen LogP contribution in [-0.4, -0.2) is 40.5 Å². The summed E-state index contributed by atoms with van der Waals surface area (Å²) in [5.41, 5.74) is 3.25. The number of aryl methyl sites for hydroxylation is 1. The van der Waals surface area contributed by atoms with E-state index in [0.717, 1.165) is 10.9 Å². The quantitative estimate of drug-likeness (QED) is 0.489. The number of halogens is 1. The lowest BCUT2D eigenvalue weighted by Gasteiger charge is -2.32. The molecule has 31 heavy (non-hydrogen) atoms. The molecule has 0 aliphatic carbocycles. The first-order valence-corrected chi connectivity index (χ1v) is 10.1. The lowest BCUT2D eigenvalue weighted by molar-refractivity contribution is -0.0255. The smallest absolute Gasteiger partial charge is 0.290 e. The fraction of sp³-hybridized carbons (Fsp3) is 0.208. The highest BCUT2D eigenvalue weighted by atomic mass is 19.1. The monoisotopic (exact) mass is 417 g/mol. The third-order valence-corrected chi connectivity index (χ3v) is 5.52. The average Bonchev–Trinajstić information content (AvgIpc) is 3.15. The minimum atomic E-state index is -0.477. The van der Waals surface area contributed by atoms with Gasteiger partial charge >= 0.3 is 0 Å². The number of benzene rings is 2. The second-order valence-electron chi connectivity index (χ2n) is 7.46. The van der Waals surface area contributed by atoms with Gasteiger partial charge in [-0.25, -0.2) is 4.39 Å². The Labute approximate surface area is 178 Å². The molecular formula is C24H20FN3O3. The van der Waals surface area contributed by atoms with Gasteiger partial charge in [0, 0.05) is 35.5 Å². The van der Waals surface area contributed by atoms with E-state index < -0.39 is 6.10 Å². The molecule has 1 saturated heterocycles. The number of para-hydroxylation sites is 1. The van der Waals surface area contributed by atoms with E-state index in [4.69, 9.17) is 9.15 Å². The molecule has 1 amide bonds. The average molecular weight is 417 g/mol. The first-order chi connectivity index (χ1) is 15.1. The number of aromatic nitrogens is 2. The molecule has 1 fully saturated rings. The number of rotatable bonds is 3. The van der Waals surface area contributed by atoms with E-state index in [1.165, 1.54) is 12.1 Å². The van der Waals surface area contributed by atoms with Crippen LogP contribution in [0.1, 0.15) is 27.9 Å². The summed E-state index contributed by atoms with van der Waals surface area (Å²) < 4.78 is 25.6. The van der Waals surface area contributed by atoms with Crippen molar-refractivity contribution in [1.29, 1.82) is 0 Å². The second-order valence-corrected chi connectivity index (χ2v) is 7.46. The van der Waals surface area contributed by atoms with Gasteiger partial charge in [-0.3, -0.25) is 14.8 Å². The molecule has 7 heteroatoms. The molecule has 4 aromatic rings. The van der Waals surface area contributed by atoms with Crippen LogP contribution in [0.15, 0.2) is 65.3 Å². The molecule has 2 aromatic carbocycles. The van der Waals surface area contributed by atoms with Gasteiger partial charge in [-0.15, -0.1) is 0 Å². The number of nitrogens with zero attached hydrogens (tertiary/aromatic N) is 3. The second kappa shape index (κ2) is 7.92. The van der Waals surface area contributed by atoms with Crippen LogP contribution in [0.3, 0.4) is 0 Å². The van der Waals surface area contributed by atoms with E-state index >= 15 is 0 Å². The number of hydrogen-bond donors (Lipinski definition) is 0. The summed E-state index contributed by atoms with van der Waals surface area (Å²) in [7, 11) is 0. The molecule has 2 aromatic heterocycles. The zero-order valence-corrected chi connectivity index (χ0v) is 16.9. The first kappa shape index (κ1) is 19.4. The van der Waals surface area contributed by atoms with Gasteiger partial charge in [0.1, 0.15) is 17.5 Å².